The molecule has 0 heterocycles. The second-order valence-electron chi connectivity index (χ2n) is 3.87. The highest BCUT2D eigenvalue weighted by Gasteiger charge is 2.20. The van der Waals surface area contributed by atoms with Crippen LogP contribution in [0.1, 0.15) is 26.2 Å². The van der Waals surface area contributed by atoms with Gasteiger partial charge in [0, 0.05) is 18.2 Å². The van der Waals surface area contributed by atoms with E-state index >= 15 is 0 Å². The van der Waals surface area contributed by atoms with E-state index in [1.54, 1.807) is 0 Å². The normalized spacial score (nSPS) is 20.5. The molecule has 4 nitrogen and oxygen atoms in total. The summed E-state index contributed by atoms with van der Waals surface area (Å²) in [6.07, 6.45) is 3.40. The molecule has 0 radical (unpaired) electrons. The molecule has 1 aliphatic rings. The smallest absolute Gasteiger partial charge is 0.319 e. The topological polar surface area (TPSA) is 58.2 Å². The van der Waals surface area contributed by atoms with E-state index in [9.17, 15) is 14.0 Å². The van der Waals surface area contributed by atoms with Crippen LogP contribution < -0.4 is 10.6 Å². The molecule has 90 valence electrons. The minimum Gasteiger partial charge on any atom is -0.335 e. The number of nitrogens with one attached hydrogen (secondary N) is 2. The van der Waals surface area contributed by atoms with Crippen LogP contribution in [0.4, 0.5) is 9.18 Å². The van der Waals surface area contributed by atoms with Crippen molar-refractivity contribution in [2.45, 2.75) is 26.2 Å². The lowest BCUT2D eigenvalue weighted by molar-refractivity contribution is -0.110. The van der Waals surface area contributed by atoms with Crippen LogP contribution >= 0.6 is 0 Å². The first-order chi connectivity index (χ1) is 7.69. The van der Waals surface area contributed by atoms with E-state index in [-0.39, 0.29) is 12.5 Å². The van der Waals surface area contributed by atoms with E-state index in [4.69, 9.17) is 0 Å². The van der Waals surface area contributed by atoms with E-state index in [2.05, 4.69) is 10.6 Å². The Bertz CT molecular complexity index is 302. The van der Waals surface area contributed by atoms with Crippen LogP contribution in [-0.4, -0.2) is 25.5 Å². The number of hydrogen-bond acceptors (Lipinski definition) is 2. The number of amides is 2. The molecule has 5 heteroatoms. The molecule has 0 aliphatic heterocycles. The van der Waals surface area contributed by atoms with Gasteiger partial charge >= 0.3 is 6.03 Å². The van der Waals surface area contributed by atoms with Crippen molar-refractivity contribution in [1.29, 1.82) is 0 Å². The maximum absolute atomic E-state index is 11.8. The number of allylic oxidation sites excluding steroid dienone is 2. The Morgan fingerprint density at radius 1 is 1.62 bits per heavy atom. The van der Waals surface area contributed by atoms with Crippen molar-refractivity contribution in [2.24, 2.45) is 5.92 Å². The Labute approximate surface area is 94.3 Å². The largest absolute Gasteiger partial charge is 0.335 e. The van der Waals surface area contributed by atoms with Gasteiger partial charge in [-0.15, -0.1) is 0 Å². The summed E-state index contributed by atoms with van der Waals surface area (Å²) < 4.78 is 11.8. The van der Waals surface area contributed by atoms with Crippen molar-refractivity contribution in [3.8, 4) is 0 Å². The summed E-state index contributed by atoms with van der Waals surface area (Å²) in [6.45, 7) is 1.28. The van der Waals surface area contributed by atoms with Gasteiger partial charge in [0.15, 0.2) is 0 Å². The molecule has 0 bridgehead atoms. The fourth-order valence-corrected chi connectivity index (χ4v) is 1.81. The van der Waals surface area contributed by atoms with Gasteiger partial charge in [-0.1, -0.05) is 0 Å². The van der Waals surface area contributed by atoms with Crippen molar-refractivity contribution in [1.82, 2.24) is 10.6 Å². The predicted octanol–water partition coefficient (Wildman–Crippen LogP) is 1.53. The highest BCUT2D eigenvalue weighted by atomic mass is 19.1. The quantitative estimate of drug-likeness (QED) is 0.717. The van der Waals surface area contributed by atoms with E-state index in [1.165, 1.54) is 0 Å². The third-order valence-electron chi connectivity index (χ3n) is 2.78. The van der Waals surface area contributed by atoms with Crippen molar-refractivity contribution in [3.63, 3.8) is 0 Å². The summed E-state index contributed by atoms with van der Waals surface area (Å²) >= 11 is 0. The summed E-state index contributed by atoms with van der Waals surface area (Å²) in [5.41, 5.74) is 1.70. The molecule has 0 saturated heterocycles. The predicted molar refractivity (Wildman–Crippen MR) is 58.6 cm³/mol. The van der Waals surface area contributed by atoms with Crippen LogP contribution in [0.25, 0.3) is 0 Å². The molecular formula is C11H17FN2O2. The fourth-order valence-electron chi connectivity index (χ4n) is 1.81. The molecule has 0 fully saturated rings. The molecule has 1 atom stereocenters. The molecule has 1 unspecified atom stereocenters. The number of aldehydes is 1. The fraction of sp³-hybridized carbons (Fsp3) is 0.636. The van der Waals surface area contributed by atoms with Gasteiger partial charge in [-0.3, -0.25) is 0 Å². The summed E-state index contributed by atoms with van der Waals surface area (Å²) in [7, 11) is 0. The van der Waals surface area contributed by atoms with E-state index in [0.29, 0.717) is 0 Å². The molecule has 1 rings (SSSR count). The third-order valence-corrected chi connectivity index (χ3v) is 2.78. The molecule has 1 aliphatic carbocycles. The molecule has 2 amide bonds. The van der Waals surface area contributed by atoms with E-state index in [0.717, 1.165) is 36.8 Å². The number of hydrogen-bond donors (Lipinski definition) is 2. The van der Waals surface area contributed by atoms with Gasteiger partial charge in [0.2, 0.25) is 0 Å². The summed E-state index contributed by atoms with van der Waals surface area (Å²) in [5, 5.41) is 5.06. The van der Waals surface area contributed by atoms with E-state index < -0.39 is 12.7 Å². The monoisotopic (exact) mass is 228 g/mol. The Morgan fingerprint density at radius 3 is 3.00 bits per heavy atom. The van der Waals surface area contributed by atoms with Gasteiger partial charge in [0.25, 0.3) is 0 Å². The van der Waals surface area contributed by atoms with Gasteiger partial charge in [-0.25, -0.2) is 9.18 Å². The van der Waals surface area contributed by atoms with Crippen molar-refractivity contribution in [3.05, 3.63) is 11.3 Å². The molecule has 0 saturated carbocycles. The molecule has 0 aromatic carbocycles. The Kier molecular flexibility index (Phi) is 4.95. The Balaban J connectivity index is 2.57. The van der Waals surface area contributed by atoms with E-state index in [1.807, 2.05) is 6.92 Å². The molecular weight excluding hydrogens is 211 g/mol. The lowest BCUT2D eigenvalue weighted by Gasteiger charge is -2.23. The van der Waals surface area contributed by atoms with Crippen molar-refractivity contribution >= 4 is 12.3 Å². The van der Waals surface area contributed by atoms with Gasteiger partial charge in [-0.2, -0.15) is 0 Å². The average Bonchev–Trinajstić information content (AvgIpc) is 2.29. The van der Waals surface area contributed by atoms with Crippen molar-refractivity contribution < 1.29 is 14.0 Å². The lowest BCUT2D eigenvalue weighted by Crippen LogP contribution is -2.37. The number of carbonyl (C=O) groups is 2. The SMILES string of the molecule is CC1=C(NC(=O)NCCF)CCCC1C=O. The van der Waals surface area contributed by atoms with Gasteiger partial charge in [0.05, 0.1) is 0 Å². The molecule has 0 spiro atoms. The lowest BCUT2D eigenvalue weighted by atomic mass is 9.87. The van der Waals surface area contributed by atoms with Crippen LogP contribution in [0.5, 0.6) is 0 Å². The van der Waals surface area contributed by atoms with Gasteiger partial charge in [-0.05, 0) is 31.8 Å². The van der Waals surface area contributed by atoms with Crippen LogP contribution in [-0.2, 0) is 4.79 Å². The average molecular weight is 228 g/mol. The van der Waals surface area contributed by atoms with Gasteiger partial charge in [0.1, 0.15) is 13.0 Å². The minimum absolute atomic E-state index is 0.00920. The number of rotatable bonds is 4. The summed E-state index contributed by atoms with van der Waals surface area (Å²) in [4.78, 5) is 22.1. The second kappa shape index (κ2) is 6.25. The molecule has 0 aromatic rings. The zero-order valence-corrected chi connectivity index (χ0v) is 9.38. The molecule has 16 heavy (non-hydrogen) atoms. The Hall–Kier alpha value is -1.39. The third kappa shape index (κ3) is 3.32. The van der Waals surface area contributed by atoms with Crippen LogP contribution in [0.2, 0.25) is 0 Å². The summed E-state index contributed by atoms with van der Waals surface area (Å²) in [5.74, 6) is -0.0924. The summed E-state index contributed by atoms with van der Waals surface area (Å²) in [6, 6.07) is -0.404. The number of urea groups is 1. The highest BCUT2D eigenvalue weighted by Crippen LogP contribution is 2.26. The second-order valence-corrected chi connectivity index (χ2v) is 3.87. The zero-order valence-electron chi connectivity index (χ0n) is 9.38. The van der Waals surface area contributed by atoms with Crippen LogP contribution in [0.3, 0.4) is 0 Å². The van der Waals surface area contributed by atoms with Crippen molar-refractivity contribution in [2.75, 3.05) is 13.2 Å². The number of carbonyl (C=O) groups excluding carboxylic acids is 2. The number of alkyl halides is 1. The van der Waals surface area contributed by atoms with Crippen LogP contribution in [0, 0.1) is 5.92 Å². The first kappa shape index (κ1) is 12.7. The maximum Gasteiger partial charge on any atom is 0.319 e. The molecule has 0 aromatic heterocycles. The highest BCUT2D eigenvalue weighted by molar-refractivity contribution is 5.76. The zero-order chi connectivity index (χ0) is 12.0. The van der Waals surface area contributed by atoms with Gasteiger partial charge < -0.3 is 15.4 Å². The minimum atomic E-state index is -0.581. The maximum atomic E-state index is 11.8. The standard InChI is InChI=1S/C11H17FN2O2/c1-8-9(7-15)3-2-4-10(8)14-11(16)13-6-5-12/h7,9H,2-6H2,1H3,(H2,13,14,16). The van der Waals surface area contributed by atoms with Crippen LogP contribution in [0.15, 0.2) is 11.3 Å². The molecule has 2 N–H and O–H groups in total. The first-order valence-corrected chi connectivity index (χ1v) is 5.44. The first-order valence-electron chi connectivity index (χ1n) is 5.44. The Morgan fingerprint density at radius 2 is 2.38 bits per heavy atom. The number of halogens is 1.